The molecular formula is C46H31NO. The highest BCUT2D eigenvalue weighted by Gasteiger charge is 2.16. The summed E-state index contributed by atoms with van der Waals surface area (Å²) in [4.78, 5) is 2.36. The molecule has 0 aliphatic carbocycles. The van der Waals surface area contributed by atoms with Gasteiger partial charge in [0.15, 0.2) is 0 Å². The van der Waals surface area contributed by atoms with Crippen LogP contribution in [0.2, 0.25) is 0 Å². The van der Waals surface area contributed by atoms with Crippen LogP contribution in [0.4, 0.5) is 17.1 Å². The maximum absolute atomic E-state index is 6.08. The molecule has 0 aliphatic rings. The second kappa shape index (κ2) is 11.8. The van der Waals surface area contributed by atoms with Crippen LogP contribution in [0.3, 0.4) is 0 Å². The molecule has 0 N–H and O–H groups in total. The molecule has 0 atom stereocenters. The molecule has 1 heterocycles. The van der Waals surface area contributed by atoms with Gasteiger partial charge >= 0.3 is 0 Å². The van der Waals surface area contributed by atoms with Gasteiger partial charge in [0.25, 0.3) is 0 Å². The lowest BCUT2D eigenvalue weighted by molar-refractivity contribution is 0.669. The quantitative estimate of drug-likeness (QED) is 0.185. The molecule has 0 bridgehead atoms. The van der Waals surface area contributed by atoms with Crippen molar-refractivity contribution in [3.63, 3.8) is 0 Å². The fourth-order valence-corrected chi connectivity index (χ4v) is 6.85. The van der Waals surface area contributed by atoms with Gasteiger partial charge < -0.3 is 9.32 Å². The fraction of sp³-hybridized carbons (Fsp3) is 0. The van der Waals surface area contributed by atoms with Crippen LogP contribution in [-0.4, -0.2) is 0 Å². The van der Waals surface area contributed by atoms with Gasteiger partial charge in [0.2, 0.25) is 0 Å². The van der Waals surface area contributed by atoms with Crippen molar-refractivity contribution in [3.8, 4) is 33.4 Å². The Bertz CT molecular complexity index is 2540. The summed E-state index contributed by atoms with van der Waals surface area (Å²) in [6.45, 7) is 0. The zero-order valence-corrected chi connectivity index (χ0v) is 26.3. The molecule has 226 valence electrons. The van der Waals surface area contributed by atoms with E-state index in [0.717, 1.165) is 44.6 Å². The van der Waals surface area contributed by atoms with E-state index in [4.69, 9.17) is 4.42 Å². The zero-order valence-electron chi connectivity index (χ0n) is 26.3. The van der Waals surface area contributed by atoms with Crippen LogP contribution < -0.4 is 4.90 Å². The van der Waals surface area contributed by atoms with Crippen LogP contribution in [0.1, 0.15) is 0 Å². The Morgan fingerprint density at radius 1 is 0.312 bits per heavy atom. The minimum absolute atomic E-state index is 0.911. The minimum atomic E-state index is 0.911. The average molecular weight is 614 g/mol. The maximum Gasteiger partial charge on any atom is 0.135 e. The number of nitrogens with zero attached hydrogens (tertiary/aromatic N) is 1. The predicted octanol–water partition coefficient (Wildman–Crippen LogP) is 13.2. The fourth-order valence-electron chi connectivity index (χ4n) is 6.85. The Morgan fingerprint density at radius 3 is 1.54 bits per heavy atom. The van der Waals surface area contributed by atoms with Crippen LogP contribution in [0.15, 0.2) is 192 Å². The lowest BCUT2D eigenvalue weighted by atomic mass is 9.98. The summed E-state index contributed by atoms with van der Waals surface area (Å²) in [5.74, 6) is 0. The maximum atomic E-state index is 6.08. The lowest BCUT2D eigenvalue weighted by Gasteiger charge is -2.27. The molecule has 9 aromatic rings. The zero-order chi connectivity index (χ0) is 31.9. The standard InChI is InChI=1S/C46H31NO/c1-2-10-32(11-3-1)36-14-8-15-37(30-36)33-20-25-39(26-21-33)47(44-18-9-13-35-12-4-5-16-41(35)44)40-27-22-34(23-28-40)38-24-29-46-43(31-38)42-17-6-7-19-45(42)48-46/h1-31H. The molecule has 0 aliphatic heterocycles. The predicted molar refractivity (Wildman–Crippen MR) is 202 cm³/mol. The average Bonchev–Trinajstić information content (AvgIpc) is 3.54. The summed E-state index contributed by atoms with van der Waals surface area (Å²) in [6, 6.07) is 67.0. The normalized spacial score (nSPS) is 11.3. The van der Waals surface area contributed by atoms with Crippen LogP contribution in [0, 0.1) is 0 Å². The molecule has 2 heteroatoms. The molecule has 2 nitrogen and oxygen atoms in total. The van der Waals surface area contributed by atoms with Crippen molar-refractivity contribution < 1.29 is 4.42 Å². The molecule has 8 aromatic carbocycles. The second-order valence-corrected chi connectivity index (χ2v) is 12.2. The number of para-hydroxylation sites is 1. The van der Waals surface area contributed by atoms with Gasteiger partial charge in [-0.3, -0.25) is 0 Å². The summed E-state index contributed by atoms with van der Waals surface area (Å²) in [6.07, 6.45) is 0. The van der Waals surface area contributed by atoms with E-state index in [1.165, 1.54) is 38.6 Å². The van der Waals surface area contributed by atoms with Crippen LogP contribution in [0.25, 0.3) is 66.1 Å². The Labute approximate surface area is 279 Å². The number of fused-ring (bicyclic) bond motifs is 4. The van der Waals surface area contributed by atoms with E-state index in [-0.39, 0.29) is 0 Å². The molecule has 0 amide bonds. The minimum Gasteiger partial charge on any atom is -0.456 e. The van der Waals surface area contributed by atoms with Gasteiger partial charge in [-0.15, -0.1) is 0 Å². The van der Waals surface area contributed by atoms with E-state index in [0.29, 0.717) is 0 Å². The van der Waals surface area contributed by atoms with Gasteiger partial charge in [-0.25, -0.2) is 0 Å². The van der Waals surface area contributed by atoms with E-state index in [1.54, 1.807) is 0 Å². The number of rotatable bonds is 6. The van der Waals surface area contributed by atoms with Crippen molar-refractivity contribution in [3.05, 3.63) is 188 Å². The van der Waals surface area contributed by atoms with Crippen LogP contribution >= 0.6 is 0 Å². The first-order valence-electron chi connectivity index (χ1n) is 16.3. The highest BCUT2D eigenvalue weighted by molar-refractivity contribution is 6.06. The first-order valence-corrected chi connectivity index (χ1v) is 16.3. The molecule has 0 spiro atoms. The summed E-state index contributed by atoms with van der Waals surface area (Å²) < 4.78 is 6.08. The number of benzene rings is 8. The Balaban J connectivity index is 1.11. The van der Waals surface area contributed by atoms with Gasteiger partial charge in [0.05, 0.1) is 5.69 Å². The smallest absolute Gasteiger partial charge is 0.135 e. The Hall–Kier alpha value is -6.38. The molecule has 48 heavy (non-hydrogen) atoms. The monoisotopic (exact) mass is 613 g/mol. The second-order valence-electron chi connectivity index (χ2n) is 12.2. The highest BCUT2D eigenvalue weighted by atomic mass is 16.3. The summed E-state index contributed by atoms with van der Waals surface area (Å²) in [5, 5.41) is 4.70. The van der Waals surface area contributed by atoms with Gasteiger partial charge in [0, 0.05) is 27.5 Å². The van der Waals surface area contributed by atoms with Crippen LogP contribution in [0.5, 0.6) is 0 Å². The Kier molecular flexibility index (Phi) is 6.84. The van der Waals surface area contributed by atoms with Crippen molar-refractivity contribution in [1.29, 1.82) is 0 Å². The van der Waals surface area contributed by atoms with Crippen molar-refractivity contribution in [2.45, 2.75) is 0 Å². The largest absolute Gasteiger partial charge is 0.456 e. The van der Waals surface area contributed by atoms with Gasteiger partial charge in [-0.2, -0.15) is 0 Å². The number of anilines is 3. The van der Waals surface area contributed by atoms with Crippen molar-refractivity contribution in [2.75, 3.05) is 4.90 Å². The molecule has 0 fully saturated rings. The van der Waals surface area contributed by atoms with E-state index in [1.807, 2.05) is 12.1 Å². The van der Waals surface area contributed by atoms with Gasteiger partial charge in [-0.1, -0.05) is 133 Å². The van der Waals surface area contributed by atoms with Crippen molar-refractivity contribution in [1.82, 2.24) is 0 Å². The van der Waals surface area contributed by atoms with E-state index < -0.39 is 0 Å². The topological polar surface area (TPSA) is 16.4 Å². The number of hydrogen-bond donors (Lipinski definition) is 0. The molecular weight excluding hydrogens is 583 g/mol. The van der Waals surface area contributed by atoms with Gasteiger partial charge in [-0.05, 0) is 93.4 Å². The molecule has 0 saturated heterocycles. The molecule has 0 unspecified atom stereocenters. The third-order valence-electron chi connectivity index (χ3n) is 9.27. The first-order chi connectivity index (χ1) is 23.8. The van der Waals surface area contributed by atoms with Crippen molar-refractivity contribution in [2.24, 2.45) is 0 Å². The number of furan rings is 1. The molecule has 9 rings (SSSR count). The lowest BCUT2D eigenvalue weighted by Crippen LogP contribution is -2.10. The third-order valence-corrected chi connectivity index (χ3v) is 9.27. The van der Waals surface area contributed by atoms with E-state index in [2.05, 4.69) is 181 Å². The third kappa shape index (κ3) is 5.01. The number of hydrogen-bond acceptors (Lipinski definition) is 2. The first kappa shape index (κ1) is 27.9. The summed E-state index contributed by atoms with van der Waals surface area (Å²) in [5.41, 5.74) is 12.3. The summed E-state index contributed by atoms with van der Waals surface area (Å²) >= 11 is 0. The van der Waals surface area contributed by atoms with Gasteiger partial charge in [0.1, 0.15) is 11.2 Å². The van der Waals surface area contributed by atoms with Crippen molar-refractivity contribution >= 4 is 49.8 Å². The Morgan fingerprint density at radius 2 is 0.812 bits per heavy atom. The molecule has 0 radical (unpaired) electrons. The molecule has 0 saturated carbocycles. The van der Waals surface area contributed by atoms with E-state index >= 15 is 0 Å². The van der Waals surface area contributed by atoms with E-state index in [9.17, 15) is 0 Å². The highest BCUT2D eigenvalue weighted by Crippen LogP contribution is 2.41. The van der Waals surface area contributed by atoms with Crippen LogP contribution in [-0.2, 0) is 0 Å². The SMILES string of the molecule is c1ccc(-c2cccc(-c3ccc(N(c4ccc(-c5ccc6oc7ccccc7c6c5)cc4)c4cccc5ccccc45)cc3)c2)cc1. The molecule has 1 aromatic heterocycles. The summed E-state index contributed by atoms with van der Waals surface area (Å²) in [7, 11) is 0.